The standard InChI is InChI=1S/C16H32N2S/c1-13-6-5-7-14(10-13)18(4)16(11-17)12-19-9-8-15(16,2)3/h13-14H,5-12,17H2,1-4H3. The van der Waals surface area contributed by atoms with Crippen LogP contribution in [0.2, 0.25) is 0 Å². The minimum Gasteiger partial charge on any atom is -0.329 e. The van der Waals surface area contributed by atoms with Crippen molar-refractivity contribution in [1.82, 2.24) is 4.90 Å². The summed E-state index contributed by atoms with van der Waals surface area (Å²) in [5.41, 5.74) is 6.83. The van der Waals surface area contributed by atoms with E-state index in [-0.39, 0.29) is 5.54 Å². The third-order valence-electron chi connectivity index (χ3n) is 5.94. The number of hydrogen-bond acceptors (Lipinski definition) is 3. The lowest BCUT2D eigenvalue weighted by atomic mass is 9.68. The predicted octanol–water partition coefficient (Wildman–Crippen LogP) is 3.36. The summed E-state index contributed by atoms with van der Waals surface area (Å²) >= 11 is 2.10. The molecule has 1 heterocycles. The van der Waals surface area contributed by atoms with E-state index in [1.807, 2.05) is 0 Å². The molecule has 0 bridgehead atoms. The summed E-state index contributed by atoms with van der Waals surface area (Å²) in [7, 11) is 2.35. The molecule has 0 spiro atoms. The van der Waals surface area contributed by atoms with Gasteiger partial charge in [-0.15, -0.1) is 0 Å². The summed E-state index contributed by atoms with van der Waals surface area (Å²) in [6, 6.07) is 0.741. The maximum absolute atomic E-state index is 6.30. The van der Waals surface area contributed by atoms with Crippen molar-refractivity contribution in [3.05, 3.63) is 0 Å². The highest BCUT2D eigenvalue weighted by Gasteiger charge is 2.50. The van der Waals surface area contributed by atoms with Crippen molar-refractivity contribution >= 4 is 11.8 Å². The van der Waals surface area contributed by atoms with Crippen molar-refractivity contribution in [2.45, 2.75) is 64.5 Å². The number of hydrogen-bond donors (Lipinski definition) is 1. The molecular formula is C16H32N2S. The molecule has 2 fully saturated rings. The highest BCUT2D eigenvalue weighted by atomic mass is 32.2. The highest BCUT2D eigenvalue weighted by Crippen LogP contribution is 2.47. The van der Waals surface area contributed by atoms with Gasteiger partial charge in [0, 0.05) is 23.9 Å². The lowest BCUT2D eigenvalue weighted by molar-refractivity contribution is -0.0234. The molecule has 1 aliphatic heterocycles. The van der Waals surface area contributed by atoms with Crippen LogP contribution in [-0.4, -0.2) is 41.6 Å². The Bertz CT molecular complexity index is 305. The minimum atomic E-state index is 0.192. The van der Waals surface area contributed by atoms with E-state index in [9.17, 15) is 0 Å². The first kappa shape index (κ1) is 15.7. The first-order valence-electron chi connectivity index (χ1n) is 7.94. The minimum absolute atomic E-state index is 0.192. The van der Waals surface area contributed by atoms with Gasteiger partial charge in [0.05, 0.1) is 0 Å². The van der Waals surface area contributed by atoms with Crippen molar-refractivity contribution in [3.8, 4) is 0 Å². The van der Waals surface area contributed by atoms with E-state index in [4.69, 9.17) is 5.73 Å². The van der Waals surface area contributed by atoms with E-state index < -0.39 is 0 Å². The molecule has 1 aliphatic carbocycles. The Morgan fingerprint density at radius 3 is 2.63 bits per heavy atom. The lowest BCUT2D eigenvalue weighted by Crippen LogP contribution is -2.67. The summed E-state index contributed by atoms with van der Waals surface area (Å²) < 4.78 is 0. The Hall–Kier alpha value is 0.270. The molecule has 0 aromatic rings. The van der Waals surface area contributed by atoms with E-state index in [0.717, 1.165) is 18.5 Å². The topological polar surface area (TPSA) is 29.3 Å². The van der Waals surface area contributed by atoms with Gasteiger partial charge in [0.15, 0.2) is 0 Å². The summed E-state index contributed by atoms with van der Waals surface area (Å²) in [6.07, 6.45) is 6.83. The van der Waals surface area contributed by atoms with E-state index in [1.165, 1.54) is 43.6 Å². The highest BCUT2D eigenvalue weighted by molar-refractivity contribution is 7.99. The largest absolute Gasteiger partial charge is 0.329 e. The molecule has 3 heteroatoms. The normalized spacial score (nSPS) is 39.5. The number of rotatable bonds is 3. The van der Waals surface area contributed by atoms with Crippen molar-refractivity contribution in [2.75, 3.05) is 25.1 Å². The first-order chi connectivity index (χ1) is 8.93. The van der Waals surface area contributed by atoms with Gasteiger partial charge in [0.25, 0.3) is 0 Å². The maximum atomic E-state index is 6.30. The summed E-state index contributed by atoms with van der Waals surface area (Å²) in [6.45, 7) is 8.08. The zero-order valence-electron chi connectivity index (χ0n) is 13.2. The van der Waals surface area contributed by atoms with Crippen LogP contribution < -0.4 is 5.73 Å². The molecule has 3 atom stereocenters. The summed E-state index contributed by atoms with van der Waals surface area (Å²) in [5, 5.41) is 0. The molecule has 0 amide bonds. The Kier molecular flexibility index (Phi) is 4.90. The smallest absolute Gasteiger partial charge is 0.0472 e. The molecule has 2 aliphatic rings. The average Bonchev–Trinajstić information content (AvgIpc) is 2.38. The maximum Gasteiger partial charge on any atom is 0.0472 e. The van der Waals surface area contributed by atoms with E-state index in [0.29, 0.717) is 5.41 Å². The number of thioether (sulfide) groups is 1. The summed E-state index contributed by atoms with van der Waals surface area (Å²) in [5.74, 6) is 3.39. The molecule has 0 aromatic heterocycles. The number of nitrogens with zero attached hydrogens (tertiary/aromatic N) is 1. The van der Waals surface area contributed by atoms with Gasteiger partial charge >= 0.3 is 0 Å². The molecule has 2 rings (SSSR count). The molecule has 1 saturated carbocycles. The van der Waals surface area contributed by atoms with Crippen LogP contribution in [0.25, 0.3) is 0 Å². The van der Waals surface area contributed by atoms with Gasteiger partial charge in [-0.05, 0) is 43.4 Å². The second-order valence-corrected chi connectivity index (χ2v) is 8.56. The fraction of sp³-hybridized carbons (Fsp3) is 1.00. The fourth-order valence-electron chi connectivity index (χ4n) is 4.16. The number of nitrogens with two attached hydrogens (primary N) is 1. The fourth-order valence-corrected chi connectivity index (χ4v) is 6.01. The molecule has 2 nitrogen and oxygen atoms in total. The quantitative estimate of drug-likeness (QED) is 0.861. The molecule has 0 radical (unpaired) electrons. The van der Waals surface area contributed by atoms with Crippen LogP contribution in [0.3, 0.4) is 0 Å². The Balaban J connectivity index is 2.19. The molecular weight excluding hydrogens is 252 g/mol. The zero-order chi connectivity index (χ0) is 14.1. The van der Waals surface area contributed by atoms with Crippen LogP contribution in [0.1, 0.15) is 52.9 Å². The van der Waals surface area contributed by atoms with Gasteiger partial charge in [0.1, 0.15) is 0 Å². The first-order valence-corrected chi connectivity index (χ1v) is 9.09. The molecule has 1 saturated heterocycles. The Labute approximate surface area is 123 Å². The SMILES string of the molecule is CC1CCCC(N(C)C2(CN)CSCCC2(C)C)C1. The van der Waals surface area contributed by atoms with Crippen molar-refractivity contribution in [3.63, 3.8) is 0 Å². The lowest BCUT2D eigenvalue weighted by Gasteiger charge is -2.57. The van der Waals surface area contributed by atoms with Gasteiger partial charge in [-0.2, -0.15) is 11.8 Å². The van der Waals surface area contributed by atoms with Crippen LogP contribution >= 0.6 is 11.8 Å². The Morgan fingerprint density at radius 2 is 2.05 bits per heavy atom. The zero-order valence-corrected chi connectivity index (χ0v) is 14.1. The molecule has 3 unspecified atom stereocenters. The van der Waals surface area contributed by atoms with Gasteiger partial charge in [0.2, 0.25) is 0 Å². The number of likely N-dealkylation sites (N-methyl/N-ethyl adjacent to an activating group) is 1. The second kappa shape index (κ2) is 5.95. The van der Waals surface area contributed by atoms with Crippen LogP contribution in [0.15, 0.2) is 0 Å². The van der Waals surface area contributed by atoms with Crippen LogP contribution in [-0.2, 0) is 0 Å². The van der Waals surface area contributed by atoms with E-state index in [1.54, 1.807) is 0 Å². The average molecular weight is 285 g/mol. The van der Waals surface area contributed by atoms with Crippen LogP contribution in [0.5, 0.6) is 0 Å². The van der Waals surface area contributed by atoms with E-state index >= 15 is 0 Å². The van der Waals surface area contributed by atoms with E-state index in [2.05, 4.69) is 44.5 Å². The third kappa shape index (κ3) is 2.84. The molecule has 2 N–H and O–H groups in total. The summed E-state index contributed by atoms with van der Waals surface area (Å²) in [4.78, 5) is 2.69. The molecule has 19 heavy (non-hydrogen) atoms. The third-order valence-corrected chi connectivity index (χ3v) is 7.12. The van der Waals surface area contributed by atoms with Crippen molar-refractivity contribution in [1.29, 1.82) is 0 Å². The van der Waals surface area contributed by atoms with Crippen molar-refractivity contribution in [2.24, 2.45) is 17.1 Å². The van der Waals surface area contributed by atoms with Crippen LogP contribution in [0, 0.1) is 11.3 Å². The predicted molar refractivity (Wildman–Crippen MR) is 86.7 cm³/mol. The van der Waals surface area contributed by atoms with Crippen LogP contribution in [0.4, 0.5) is 0 Å². The van der Waals surface area contributed by atoms with Gasteiger partial charge < -0.3 is 5.73 Å². The van der Waals surface area contributed by atoms with Gasteiger partial charge in [-0.1, -0.05) is 33.6 Å². The molecule has 0 aromatic carbocycles. The second-order valence-electron chi connectivity index (χ2n) is 7.46. The monoisotopic (exact) mass is 284 g/mol. The van der Waals surface area contributed by atoms with Gasteiger partial charge in [-0.3, -0.25) is 4.90 Å². The van der Waals surface area contributed by atoms with Gasteiger partial charge in [-0.25, -0.2) is 0 Å². The Morgan fingerprint density at radius 1 is 1.32 bits per heavy atom. The van der Waals surface area contributed by atoms with Crippen molar-refractivity contribution < 1.29 is 0 Å². The molecule has 112 valence electrons.